The second-order valence-electron chi connectivity index (χ2n) is 5.45. The number of aryl methyl sites for hydroxylation is 1. The van der Waals surface area contributed by atoms with Crippen LogP contribution in [0.4, 0.5) is 0 Å². The first-order valence-electron chi connectivity index (χ1n) is 7.44. The lowest BCUT2D eigenvalue weighted by Crippen LogP contribution is -2.15. The number of pyridine rings is 1. The molecule has 0 radical (unpaired) electrons. The molecule has 2 heterocycles. The Labute approximate surface area is 123 Å². The van der Waals surface area contributed by atoms with Crippen LogP contribution in [-0.4, -0.2) is 25.8 Å². The van der Waals surface area contributed by atoms with E-state index in [4.69, 9.17) is 10.2 Å². The fourth-order valence-electron chi connectivity index (χ4n) is 3.23. The minimum absolute atomic E-state index is 0.0821. The molecule has 0 spiro atoms. The van der Waals surface area contributed by atoms with Gasteiger partial charge in [0.25, 0.3) is 0 Å². The van der Waals surface area contributed by atoms with Gasteiger partial charge in [0, 0.05) is 17.5 Å². The van der Waals surface area contributed by atoms with Gasteiger partial charge in [-0.1, -0.05) is 13.0 Å². The fraction of sp³-hybridized carbons (Fsp3) is 0.438. The highest BCUT2D eigenvalue weighted by Crippen LogP contribution is 2.37. The van der Waals surface area contributed by atoms with Crippen LogP contribution in [0.5, 0.6) is 0 Å². The molecule has 1 atom stereocenters. The van der Waals surface area contributed by atoms with Crippen LogP contribution in [0.1, 0.15) is 49.1 Å². The molecule has 0 aliphatic heterocycles. The van der Waals surface area contributed by atoms with E-state index < -0.39 is 5.97 Å². The van der Waals surface area contributed by atoms with Crippen molar-refractivity contribution in [2.24, 2.45) is 0 Å². The number of nitrogens with zero attached hydrogens (tertiary/aromatic N) is 3. The van der Waals surface area contributed by atoms with Gasteiger partial charge in [-0.25, -0.2) is 9.67 Å². The van der Waals surface area contributed by atoms with Crippen LogP contribution in [0.25, 0.3) is 5.82 Å². The number of carboxylic acid groups (broad SMARTS) is 1. The lowest BCUT2D eigenvalue weighted by Gasteiger charge is -2.22. The van der Waals surface area contributed by atoms with Crippen LogP contribution in [0, 0.1) is 0 Å². The molecule has 1 unspecified atom stereocenters. The molecule has 3 rings (SSSR count). The second kappa shape index (κ2) is 5.68. The molecule has 0 amide bonds. The molecule has 1 aliphatic carbocycles. The molecule has 5 heteroatoms. The zero-order valence-corrected chi connectivity index (χ0v) is 12.1. The smallest absolute Gasteiger partial charge is 0.303 e. The summed E-state index contributed by atoms with van der Waals surface area (Å²) in [5.74, 6) is 0.156. The monoisotopic (exact) mass is 285 g/mol. The number of aromatic nitrogens is 3. The average molecular weight is 285 g/mol. The molecule has 1 aliphatic rings. The van der Waals surface area contributed by atoms with Gasteiger partial charge in [-0.15, -0.1) is 0 Å². The molecule has 0 bridgehead atoms. The number of aliphatic carboxylic acids is 1. The molecular formula is C16H19N3O2. The third kappa shape index (κ3) is 2.55. The molecule has 0 saturated heterocycles. The summed E-state index contributed by atoms with van der Waals surface area (Å²) in [7, 11) is 0. The summed E-state index contributed by atoms with van der Waals surface area (Å²) in [5.41, 5.74) is 3.31. The highest BCUT2D eigenvalue weighted by atomic mass is 16.4. The minimum atomic E-state index is -0.736. The highest BCUT2D eigenvalue weighted by molar-refractivity contribution is 5.68. The number of rotatable bonds is 4. The van der Waals surface area contributed by atoms with E-state index in [9.17, 15) is 4.79 Å². The maximum atomic E-state index is 11.1. The van der Waals surface area contributed by atoms with E-state index >= 15 is 0 Å². The SMILES string of the molecule is CCc1nn(-c2ccccn2)c2c1C(CC(=O)O)CCC2. The quantitative estimate of drug-likeness (QED) is 0.937. The summed E-state index contributed by atoms with van der Waals surface area (Å²) in [4.78, 5) is 15.5. The van der Waals surface area contributed by atoms with Gasteiger partial charge in [0.1, 0.15) is 0 Å². The Bertz CT molecular complexity index is 649. The molecule has 5 nitrogen and oxygen atoms in total. The van der Waals surface area contributed by atoms with Crippen molar-refractivity contribution in [1.29, 1.82) is 0 Å². The largest absolute Gasteiger partial charge is 0.481 e. The topological polar surface area (TPSA) is 68.0 Å². The van der Waals surface area contributed by atoms with Crippen LogP contribution < -0.4 is 0 Å². The van der Waals surface area contributed by atoms with Gasteiger partial charge in [-0.2, -0.15) is 5.10 Å². The van der Waals surface area contributed by atoms with Crippen molar-refractivity contribution >= 4 is 5.97 Å². The van der Waals surface area contributed by atoms with Crippen molar-refractivity contribution in [2.45, 2.75) is 44.9 Å². The molecule has 0 saturated carbocycles. The summed E-state index contributed by atoms with van der Waals surface area (Å²) in [6, 6.07) is 5.76. The Kier molecular flexibility index (Phi) is 3.73. The third-order valence-electron chi connectivity index (χ3n) is 4.09. The van der Waals surface area contributed by atoms with Crippen molar-refractivity contribution in [3.8, 4) is 5.82 Å². The Morgan fingerprint density at radius 1 is 1.48 bits per heavy atom. The number of carbonyl (C=O) groups is 1. The molecule has 0 aromatic carbocycles. The van der Waals surface area contributed by atoms with E-state index in [1.54, 1.807) is 6.20 Å². The Morgan fingerprint density at radius 2 is 2.33 bits per heavy atom. The lowest BCUT2D eigenvalue weighted by atomic mass is 9.82. The maximum absolute atomic E-state index is 11.1. The molecule has 2 aromatic rings. The van der Waals surface area contributed by atoms with E-state index in [0.29, 0.717) is 0 Å². The average Bonchev–Trinajstić information content (AvgIpc) is 2.87. The first-order valence-corrected chi connectivity index (χ1v) is 7.44. The van der Waals surface area contributed by atoms with Crippen LogP contribution in [0.3, 0.4) is 0 Å². The standard InChI is InChI=1S/C16H19N3O2/c1-2-12-16-11(10-15(20)21)6-5-7-13(16)19(18-12)14-8-3-4-9-17-14/h3-4,8-9,11H,2,5-7,10H2,1H3,(H,20,21). The van der Waals surface area contributed by atoms with E-state index in [1.807, 2.05) is 22.9 Å². The first kappa shape index (κ1) is 13.8. The highest BCUT2D eigenvalue weighted by Gasteiger charge is 2.29. The number of carboxylic acids is 1. The van der Waals surface area contributed by atoms with Crippen molar-refractivity contribution in [3.63, 3.8) is 0 Å². The second-order valence-corrected chi connectivity index (χ2v) is 5.45. The summed E-state index contributed by atoms with van der Waals surface area (Å²) < 4.78 is 1.90. The summed E-state index contributed by atoms with van der Waals surface area (Å²) in [5, 5.41) is 13.8. The predicted molar refractivity (Wildman–Crippen MR) is 78.7 cm³/mol. The summed E-state index contributed by atoms with van der Waals surface area (Å²) in [6.07, 6.45) is 5.64. The number of hydrogen-bond acceptors (Lipinski definition) is 3. The third-order valence-corrected chi connectivity index (χ3v) is 4.09. The van der Waals surface area contributed by atoms with Gasteiger partial charge in [0.2, 0.25) is 0 Å². The van der Waals surface area contributed by atoms with Gasteiger partial charge in [-0.05, 0) is 43.7 Å². The van der Waals surface area contributed by atoms with Gasteiger partial charge in [-0.3, -0.25) is 4.79 Å². The van der Waals surface area contributed by atoms with Crippen LogP contribution >= 0.6 is 0 Å². The Balaban J connectivity index is 2.09. The van der Waals surface area contributed by atoms with E-state index in [0.717, 1.165) is 48.5 Å². The Morgan fingerprint density at radius 3 is 3.00 bits per heavy atom. The van der Waals surface area contributed by atoms with Crippen molar-refractivity contribution in [2.75, 3.05) is 0 Å². The summed E-state index contributed by atoms with van der Waals surface area (Å²) in [6.45, 7) is 2.07. The zero-order chi connectivity index (χ0) is 14.8. The van der Waals surface area contributed by atoms with Gasteiger partial charge in [0.05, 0.1) is 12.1 Å². The summed E-state index contributed by atoms with van der Waals surface area (Å²) >= 11 is 0. The van der Waals surface area contributed by atoms with Crippen molar-refractivity contribution < 1.29 is 9.90 Å². The minimum Gasteiger partial charge on any atom is -0.481 e. The van der Waals surface area contributed by atoms with E-state index in [2.05, 4.69) is 11.9 Å². The Hall–Kier alpha value is -2.17. The molecule has 1 N–H and O–H groups in total. The number of fused-ring (bicyclic) bond motifs is 1. The van der Waals surface area contributed by atoms with E-state index in [-0.39, 0.29) is 12.3 Å². The van der Waals surface area contributed by atoms with Gasteiger partial charge >= 0.3 is 5.97 Å². The maximum Gasteiger partial charge on any atom is 0.303 e. The lowest BCUT2D eigenvalue weighted by molar-refractivity contribution is -0.137. The molecular weight excluding hydrogens is 266 g/mol. The van der Waals surface area contributed by atoms with Gasteiger partial charge in [0.15, 0.2) is 5.82 Å². The van der Waals surface area contributed by atoms with Crippen LogP contribution in [0.2, 0.25) is 0 Å². The van der Waals surface area contributed by atoms with Crippen molar-refractivity contribution in [1.82, 2.24) is 14.8 Å². The number of hydrogen-bond donors (Lipinski definition) is 1. The predicted octanol–water partition coefficient (Wildman–Crippen LogP) is 2.72. The van der Waals surface area contributed by atoms with Gasteiger partial charge < -0.3 is 5.11 Å². The first-order chi connectivity index (χ1) is 10.2. The fourth-order valence-corrected chi connectivity index (χ4v) is 3.23. The molecule has 2 aromatic heterocycles. The molecule has 21 heavy (non-hydrogen) atoms. The zero-order valence-electron chi connectivity index (χ0n) is 12.1. The molecule has 110 valence electrons. The van der Waals surface area contributed by atoms with E-state index in [1.165, 1.54) is 0 Å². The molecule has 0 fully saturated rings. The van der Waals surface area contributed by atoms with Crippen LogP contribution in [-0.2, 0) is 17.6 Å². The normalized spacial score (nSPS) is 17.5. The van der Waals surface area contributed by atoms with Crippen molar-refractivity contribution in [3.05, 3.63) is 41.3 Å². The van der Waals surface area contributed by atoms with Crippen LogP contribution in [0.15, 0.2) is 24.4 Å².